The Kier molecular flexibility index (Phi) is 7.07. The van der Waals surface area contributed by atoms with Crippen molar-refractivity contribution in [3.63, 3.8) is 0 Å². The first-order valence-electron chi connectivity index (χ1n) is 13.8. The lowest BCUT2D eigenvalue weighted by atomic mass is 9.43. The largest absolute Gasteiger partial charge is 0.462 e. The third-order valence-corrected chi connectivity index (χ3v) is 11.0. The van der Waals surface area contributed by atoms with Crippen LogP contribution in [0.4, 0.5) is 4.39 Å². The van der Waals surface area contributed by atoms with Gasteiger partial charge in [0.2, 0.25) is 0 Å². The maximum atomic E-state index is 14.8. The van der Waals surface area contributed by atoms with Gasteiger partial charge in [0.05, 0.1) is 0 Å². The minimum Gasteiger partial charge on any atom is -0.462 e. The SMILES string of the molecule is CC(=O)O[C@@H]1C[C@H]2[C@@H]3CC[C@H]([C@H](C)CCCC(C)C)[C@@]3(C)CC[C@@H]2[C@@]2(C)C[C@@H](F)C(=O)CC12. The Morgan fingerprint density at radius 1 is 1.06 bits per heavy atom. The normalized spacial score (nSPS) is 45.8. The summed E-state index contributed by atoms with van der Waals surface area (Å²) >= 11 is 0. The van der Waals surface area contributed by atoms with E-state index < -0.39 is 6.17 Å². The topological polar surface area (TPSA) is 43.4 Å². The molecule has 3 nitrogen and oxygen atoms in total. The highest BCUT2D eigenvalue weighted by Gasteiger charge is 2.64. The van der Waals surface area contributed by atoms with Gasteiger partial charge in [0.25, 0.3) is 0 Å². The van der Waals surface area contributed by atoms with Crippen LogP contribution in [0.5, 0.6) is 0 Å². The molecule has 0 saturated heterocycles. The molecular formula is C29H47FO3. The monoisotopic (exact) mass is 462 g/mol. The van der Waals surface area contributed by atoms with E-state index in [2.05, 4.69) is 34.6 Å². The highest BCUT2D eigenvalue weighted by Crippen LogP contribution is 2.68. The molecule has 0 aromatic rings. The molecule has 0 N–H and O–H groups in total. The molecule has 0 aromatic heterocycles. The lowest BCUT2D eigenvalue weighted by Crippen LogP contribution is -2.60. The smallest absolute Gasteiger partial charge is 0.302 e. The molecule has 1 unspecified atom stereocenters. The van der Waals surface area contributed by atoms with Crippen molar-refractivity contribution in [2.75, 3.05) is 0 Å². The van der Waals surface area contributed by atoms with Gasteiger partial charge in [-0.15, -0.1) is 0 Å². The fourth-order valence-corrected chi connectivity index (χ4v) is 9.45. The summed E-state index contributed by atoms with van der Waals surface area (Å²) in [6, 6.07) is 0. The molecule has 10 atom stereocenters. The van der Waals surface area contributed by atoms with Crippen LogP contribution in [0.3, 0.4) is 0 Å². The number of fused-ring (bicyclic) bond motifs is 5. The molecule has 0 radical (unpaired) electrons. The van der Waals surface area contributed by atoms with Crippen LogP contribution in [-0.4, -0.2) is 24.0 Å². The Morgan fingerprint density at radius 3 is 2.42 bits per heavy atom. The number of rotatable bonds is 6. The van der Waals surface area contributed by atoms with Gasteiger partial charge in [-0.3, -0.25) is 9.59 Å². The van der Waals surface area contributed by atoms with Crippen LogP contribution in [0, 0.1) is 52.3 Å². The summed E-state index contributed by atoms with van der Waals surface area (Å²) in [4.78, 5) is 24.3. The van der Waals surface area contributed by atoms with Gasteiger partial charge in [0.15, 0.2) is 12.0 Å². The van der Waals surface area contributed by atoms with Gasteiger partial charge in [0.1, 0.15) is 6.10 Å². The van der Waals surface area contributed by atoms with Gasteiger partial charge in [-0.2, -0.15) is 0 Å². The molecule has 0 amide bonds. The first-order valence-corrected chi connectivity index (χ1v) is 13.8. The van der Waals surface area contributed by atoms with Gasteiger partial charge >= 0.3 is 5.97 Å². The van der Waals surface area contributed by atoms with Crippen LogP contribution in [0.1, 0.15) is 106 Å². The average molecular weight is 463 g/mol. The first kappa shape index (κ1) is 25.2. The Hall–Kier alpha value is -0.930. The van der Waals surface area contributed by atoms with Crippen LogP contribution >= 0.6 is 0 Å². The number of Topliss-reactive ketones (excluding diaryl/α,β-unsaturated/α-hetero) is 1. The number of carbonyl (C=O) groups is 2. The number of carbonyl (C=O) groups excluding carboxylic acids is 2. The van der Waals surface area contributed by atoms with Crippen molar-refractivity contribution in [1.29, 1.82) is 0 Å². The predicted molar refractivity (Wildman–Crippen MR) is 129 cm³/mol. The Bertz CT molecular complexity index is 749. The molecule has 0 aromatic carbocycles. The van der Waals surface area contributed by atoms with Crippen molar-refractivity contribution >= 4 is 11.8 Å². The Balaban J connectivity index is 1.57. The predicted octanol–water partition coefficient (Wildman–Crippen LogP) is 7.17. The molecule has 4 rings (SSSR count). The van der Waals surface area contributed by atoms with E-state index in [9.17, 15) is 14.0 Å². The van der Waals surface area contributed by atoms with E-state index in [1.54, 1.807) is 0 Å². The fourth-order valence-electron chi connectivity index (χ4n) is 9.45. The standard InChI is InChI=1S/C29H47FO3/c1-17(2)8-7-9-18(3)21-10-11-22-20-14-27(33-19(4)31)24-15-26(32)25(30)16-29(24,6)23(20)12-13-28(21,22)5/h17-18,20-25,27H,7-16H2,1-6H3/t18-,20+,21-,22+,23+,24?,25-,27-,28-,29-/m1/s1. The number of ether oxygens (including phenoxy) is 1. The van der Waals surface area contributed by atoms with Gasteiger partial charge in [-0.1, -0.05) is 53.9 Å². The second-order valence-corrected chi connectivity index (χ2v) is 13.2. The van der Waals surface area contributed by atoms with Crippen LogP contribution in [-0.2, 0) is 14.3 Å². The van der Waals surface area contributed by atoms with E-state index in [1.807, 2.05) is 0 Å². The molecule has 0 heterocycles. The number of alkyl halides is 1. The highest BCUT2D eigenvalue weighted by molar-refractivity contribution is 5.84. The summed E-state index contributed by atoms with van der Waals surface area (Å²) in [6.07, 6.45) is 8.68. The highest BCUT2D eigenvalue weighted by atomic mass is 19.1. The second-order valence-electron chi connectivity index (χ2n) is 13.2. The molecular weight excluding hydrogens is 415 g/mol. The van der Waals surface area contributed by atoms with E-state index in [-0.39, 0.29) is 35.6 Å². The maximum Gasteiger partial charge on any atom is 0.302 e. The summed E-state index contributed by atoms with van der Waals surface area (Å²) in [7, 11) is 0. The number of esters is 1. The molecule has 0 aliphatic heterocycles. The molecule has 4 heteroatoms. The van der Waals surface area contributed by atoms with Gasteiger partial charge in [-0.05, 0) is 84.9 Å². The number of hydrogen-bond acceptors (Lipinski definition) is 3. The molecule has 4 aliphatic rings. The van der Waals surface area contributed by atoms with Gasteiger partial charge in [-0.25, -0.2) is 4.39 Å². The average Bonchev–Trinajstić information content (AvgIpc) is 3.06. The van der Waals surface area contributed by atoms with Crippen molar-refractivity contribution in [3.8, 4) is 0 Å². The lowest BCUT2D eigenvalue weighted by Gasteiger charge is -2.62. The van der Waals surface area contributed by atoms with E-state index in [1.165, 1.54) is 45.4 Å². The summed E-state index contributed by atoms with van der Waals surface area (Å²) in [5.41, 5.74) is 0.0840. The maximum absolute atomic E-state index is 14.8. The number of hydrogen-bond donors (Lipinski definition) is 0. The molecule has 0 spiro atoms. The summed E-state index contributed by atoms with van der Waals surface area (Å²) < 4.78 is 20.6. The Morgan fingerprint density at radius 2 is 1.76 bits per heavy atom. The molecule has 33 heavy (non-hydrogen) atoms. The van der Waals surface area contributed by atoms with Crippen LogP contribution in [0.15, 0.2) is 0 Å². The van der Waals surface area contributed by atoms with Crippen molar-refractivity contribution < 1.29 is 18.7 Å². The van der Waals surface area contributed by atoms with Crippen LogP contribution < -0.4 is 0 Å². The zero-order valence-electron chi connectivity index (χ0n) is 21.9. The van der Waals surface area contributed by atoms with Crippen molar-refractivity contribution in [2.45, 2.75) is 118 Å². The zero-order valence-corrected chi connectivity index (χ0v) is 21.9. The molecule has 4 aliphatic carbocycles. The van der Waals surface area contributed by atoms with Gasteiger partial charge < -0.3 is 4.74 Å². The summed E-state index contributed by atoms with van der Waals surface area (Å²) in [6.45, 7) is 13.3. The van der Waals surface area contributed by atoms with Gasteiger partial charge in [0, 0.05) is 19.3 Å². The number of ketones is 1. The van der Waals surface area contributed by atoms with E-state index in [4.69, 9.17) is 4.74 Å². The minimum absolute atomic E-state index is 0.0290. The number of halogens is 1. The molecule has 188 valence electrons. The zero-order chi connectivity index (χ0) is 24.1. The van der Waals surface area contributed by atoms with E-state index >= 15 is 0 Å². The lowest BCUT2D eigenvalue weighted by molar-refractivity contribution is -0.191. The first-order chi connectivity index (χ1) is 15.5. The summed E-state index contributed by atoms with van der Waals surface area (Å²) in [5.74, 6) is 3.23. The molecule has 0 bridgehead atoms. The fraction of sp³-hybridized carbons (Fsp3) is 0.931. The van der Waals surface area contributed by atoms with Crippen molar-refractivity contribution in [2.24, 2.45) is 52.3 Å². The minimum atomic E-state index is -1.35. The molecule has 4 fully saturated rings. The quantitative estimate of drug-likeness (QED) is 0.393. The third kappa shape index (κ3) is 4.42. The summed E-state index contributed by atoms with van der Waals surface area (Å²) in [5, 5.41) is 0. The Labute approximate surface area is 201 Å². The van der Waals surface area contributed by atoms with E-state index in [0.717, 1.165) is 30.6 Å². The third-order valence-electron chi connectivity index (χ3n) is 11.0. The molecule has 4 saturated carbocycles. The second kappa shape index (κ2) is 9.26. The van der Waals surface area contributed by atoms with Crippen molar-refractivity contribution in [3.05, 3.63) is 0 Å². The van der Waals surface area contributed by atoms with Crippen LogP contribution in [0.25, 0.3) is 0 Å². The van der Waals surface area contributed by atoms with Crippen LogP contribution in [0.2, 0.25) is 0 Å². The van der Waals surface area contributed by atoms with E-state index in [0.29, 0.717) is 29.6 Å². The van der Waals surface area contributed by atoms with Crippen molar-refractivity contribution in [1.82, 2.24) is 0 Å².